The number of nitrogens with two attached hydrogens (primary N) is 1. The molecule has 3 aromatic rings. The second kappa shape index (κ2) is 9.09. The van der Waals surface area contributed by atoms with E-state index in [1.54, 1.807) is 24.1 Å². The van der Waals surface area contributed by atoms with Crippen molar-refractivity contribution in [3.8, 4) is 22.8 Å². The predicted molar refractivity (Wildman–Crippen MR) is 116 cm³/mol. The van der Waals surface area contributed by atoms with Crippen LogP contribution >= 0.6 is 0 Å². The molecule has 2 aromatic heterocycles. The molecular weight excluding hydrogens is 378 g/mol. The molecule has 0 saturated carbocycles. The fourth-order valence-electron chi connectivity index (χ4n) is 4.02. The van der Waals surface area contributed by atoms with E-state index >= 15 is 0 Å². The molecule has 1 aromatic carbocycles. The third kappa shape index (κ3) is 4.07. The van der Waals surface area contributed by atoms with Crippen molar-refractivity contribution in [1.29, 1.82) is 0 Å². The number of benzene rings is 1. The second-order valence-electron chi connectivity index (χ2n) is 7.48. The number of amides is 1. The topological polar surface area (TPSA) is 86.3 Å². The number of nitrogens with zero attached hydrogens (tertiary/aromatic N) is 4. The number of carbonyl (C=O) groups excluding carboxylic acids is 1. The molecular formula is C23H27N5O2. The molecule has 0 radical (unpaired) electrons. The Morgan fingerprint density at radius 1 is 1.20 bits per heavy atom. The maximum absolute atomic E-state index is 13.4. The molecule has 7 nitrogen and oxygen atoms in total. The van der Waals surface area contributed by atoms with Gasteiger partial charge in [0.25, 0.3) is 5.91 Å². The summed E-state index contributed by atoms with van der Waals surface area (Å²) in [6, 6.07) is 15.7. The third-order valence-corrected chi connectivity index (χ3v) is 5.56. The van der Waals surface area contributed by atoms with Crippen molar-refractivity contribution in [1.82, 2.24) is 19.7 Å². The lowest BCUT2D eigenvalue weighted by Crippen LogP contribution is -2.44. The van der Waals surface area contributed by atoms with E-state index in [2.05, 4.69) is 4.98 Å². The molecule has 30 heavy (non-hydrogen) atoms. The van der Waals surface area contributed by atoms with Gasteiger partial charge in [0.2, 0.25) is 5.88 Å². The minimum Gasteiger partial charge on any atom is -0.481 e. The molecule has 1 saturated heterocycles. The van der Waals surface area contributed by atoms with Crippen molar-refractivity contribution < 1.29 is 9.53 Å². The Kier molecular flexibility index (Phi) is 6.09. The summed E-state index contributed by atoms with van der Waals surface area (Å²) in [4.78, 5) is 19.6. The van der Waals surface area contributed by atoms with Gasteiger partial charge in [0, 0.05) is 24.2 Å². The maximum atomic E-state index is 13.4. The van der Waals surface area contributed by atoms with Crippen LogP contribution in [-0.2, 0) is 0 Å². The van der Waals surface area contributed by atoms with Crippen molar-refractivity contribution in [3.05, 3.63) is 60.4 Å². The molecule has 3 heterocycles. The first-order valence-electron chi connectivity index (χ1n) is 10.4. The average molecular weight is 406 g/mol. The highest BCUT2D eigenvalue weighted by atomic mass is 16.5. The molecule has 1 aliphatic rings. The van der Waals surface area contributed by atoms with E-state index in [1.807, 2.05) is 47.4 Å². The van der Waals surface area contributed by atoms with Gasteiger partial charge in [-0.1, -0.05) is 30.3 Å². The zero-order valence-corrected chi connectivity index (χ0v) is 17.2. The summed E-state index contributed by atoms with van der Waals surface area (Å²) in [7, 11) is 1.58. The normalized spacial score (nSPS) is 16.5. The van der Waals surface area contributed by atoms with Gasteiger partial charge >= 0.3 is 0 Å². The van der Waals surface area contributed by atoms with Gasteiger partial charge in [-0.3, -0.25) is 4.79 Å². The summed E-state index contributed by atoms with van der Waals surface area (Å²) in [5.41, 5.74) is 8.83. The molecule has 1 fully saturated rings. The smallest absolute Gasteiger partial charge is 0.274 e. The lowest BCUT2D eigenvalue weighted by Gasteiger charge is -2.35. The van der Waals surface area contributed by atoms with Crippen molar-refractivity contribution in [3.63, 3.8) is 0 Å². The van der Waals surface area contributed by atoms with E-state index in [-0.39, 0.29) is 11.9 Å². The SMILES string of the molecule is COc1ccc(-n2nc(C(=O)N3CCCCC3CCN)cc2-c2ccccc2)cn1. The summed E-state index contributed by atoms with van der Waals surface area (Å²) in [5.74, 6) is 0.493. The molecule has 1 atom stereocenters. The van der Waals surface area contributed by atoms with Crippen LogP contribution in [0.5, 0.6) is 5.88 Å². The molecule has 2 N–H and O–H groups in total. The monoisotopic (exact) mass is 405 g/mol. The molecule has 0 aliphatic carbocycles. The lowest BCUT2D eigenvalue weighted by atomic mass is 9.99. The van der Waals surface area contributed by atoms with Crippen LogP contribution in [0.3, 0.4) is 0 Å². The zero-order chi connectivity index (χ0) is 20.9. The van der Waals surface area contributed by atoms with Crippen molar-refractivity contribution in [2.75, 3.05) is 20.2 Å². The number of likely N-dealkylation sites (tertiary alicyclic amines) is 1. The van der Waals surface area contributed by atoms with Gasteiger partial charge in [0.05, 0.1) is 24.7 Å². The van der Waals surface area contributed by atoms with E-state index in [0.29, 0.717) is 18.1 Å². The summed E-state index contributed by atoms with van der Waals surface area (Å²) in [5, 5.41) is 4.70. The molecule has 4 rings (SSSR count). The Hall–Kier alpha value is -3.19. The van der Waals surface area contributed by atoms with Crippen molar-refractivity contribution in [2.45, 2.75) is 31.7 Å². The Labute approximate surface area is 176 Å². The van der Waals surface area contributed by atoms with Crippen LogP contribution in [0.2, 0.25) is 0 Å². The Morgan fingerprint density at radius 3 is 2.73 bits per heavy atom. The molecule has 7 heteroatoms. The number of aromatic nitrogens is 3. The first-order valence-corrected chi connectivity index (χ1v) is 10.4. The van der Waals surface area contributed by atoms with Crippen LogP contribution in [0, 0.1) is 0 Å². The van der Waals surface area contributed by atoms with Gasteiger partial charge in [0.1, 0.15) is 0 Å². The standard InChI is InChI=1S/C23H27N5O2/c1-30-22-11-10-19(16-25-22)28-21(17-7-3-2-4-8-17)15-20(26-28)23(29)27-14-6-5-9-18(27)12-13-24/h2-4,7-8,10-11,15-16,18H,5-6,9,12-14,24H2,1H3. The molecule has 0 spiro atoms. The molecule has 156 valence electrons. The highest BCUT2D eigenvalue weighted by Crippen LogP contribution is 2.27. The predicted octanol–water partition coefficient (Wildman–Crippen LogP) is 3.29. The number of rotatable bonds is 6. The summed E-state index contributed by atoms with van der Waals surface area (Å²) in [6.07, 6.45) is 5.67. The number of piperidine rings is 1. The van der Waals surface area contributed by atoms with Crippen molar-refractivity contribution >= 4 is 5.91 Å². The number of methoxy groups -OCH3 is 1. The van der Waals surface area contributed by atoms with Crippen molar-refractivity contribution in [2.24, 2.45) is 5.73 Å². The number of ether oxygens (including phenoxy) is 1. The van der Waals surface area contributed by atoms with Crippen LogP contribution in [0.15, 0.2) is 54.7 Å². The highest BCUT2D eigenvalue weighted by molar-refractivity contribution is 5.94. The number of hydrogen-bond acceptors (Lipinski definition) is 5. The minimum atomic E-state index is -0.0365. The number of carbonyl (C=O) groups is 1. The summed E-state index contributed by atoms with van der Waals surface area (Å²) < 4.78 is 6.94. The summed E-state index contributed by atoms with van der Waals surface area (Å²) >= 11 is 0. The van der Waals surface area contributed by atoms with Crippen LogP contribution in [0.25, 0.3) is 16.9 Å². The van der Waals surface area contributed by atoms with Crippen LogP contribution < -0.4 is 10.5 Å². The Balaban J connectivity index is 1.74. The first-order chi connectivity index (χ1) is 14.7. The summed E-state index contributed by atoms with van der Waals surface area (Å²) in [6.45, 7) is 1.33. The highest BCUT2D eigenvalue weighted by Gasteiger charge is 2.29. The molecule has 0 bridgehead atoms. The fourth-order valence-corrected chi connectivity index (χ4v) is 4.02. The maximum Gasteiger partial charge on any atom is 0.274 e. The quantitative estimate of drug-likeness (QED) is 0.680. The van der Waals surface area contributed by atoms with E-state index in [4.69, 9.17) is 15.6 Å². The zero-order valence-electron chi connectivity index (χ0n) is 17.2. The first kappa shape index (κ1) is 20.1. The van der Waals surface area contributed by atoms with Gasteiger partial charge in [-0.15, -0.1) is 0 Å². The van der Waals surface area contributed by atoms with Crippen LogP contribution in [0.1, 0.15) is 36.2 Å². The fraction of sp³-hybridized carbons (Fsp3) is 0.348. The Bertz CT molecular complexity index is 983. The minimum absolute atomic E-state index is 0.0365. The number of pyridine rings is 1. The lowest BCUT2D eigenvalue weighted by molar-refractivity contribution is 0.0598. The number of hydrogen-bond donors (Lipinski definition) is 1. The van der Waals surface area contributed by atoms with E-state index in [0.717, 1.165) is 49.2 Å². The molecule has 1 unspecified atom stereocenters. The van der Waals surface area contributed by atoms with E-state index in [9.17, 15) is 4.79 Å². The van der Waals surface area contributed by atoms with E-state index < -0.39 is 0 Å². The molecule has 1 aliphatic heterocycles. The van der Waals surface area contributed by atoms with E-state index in [1.165, 1.54) is 0 Å². The largest absolute Gasteiger partial charge is 0.481 e. The average Bonchev–Trinajstić information content (AvgIpc) is 3.25. The van der Waals surface area contributed by atoms with Crippen LogP contribution in [0.4, 0.5) is 0 Å². The van der Waals surface area contributed by atoms with Gasteiger partial charge in [-0.05, 0) is 44.4 Å². The third-order valence-electron chi connectivity index (χ3n) is 5.56. The van der Waals surface area contributed by atoms with Gasteiger partial charge < -0.3 is 15.4 Å². The van der Waals surface area contributed by atoms with Gasteiger partial charge in [-0.2, -0.15) is 5.10 Å². The van der Waals surface area contributed by atoms with Gasteiger partial charge in [-0.25, -0.2) is 9.67 Å². The Morgan fingerprint density at radius 2 is 2.03 bits per heavy atom. The van der Waals surface area contributed by atoms with Crippen LogP contribution in [-0.4, -0.2) is 51.8 Å². The molecule has 1 amide bonds. The van der Waals surface area contributed by atoms with Gasteiger partial charge in [0.15, 0.2) is 5.69 Å². The second-order valence-corrected chi connectivity index (χ2v) is 7.48.